The van der Waals surface area contributed by atoms with Crippen molar-refractivity contribution in [2.75, 3.05) is 27.4 Å². The number of ether oxygens (including phenoxy) is 4. The van der Waals surface area contributed by atoms with Crippen molar-refractivity contribution in [3.8, 4) is 16.9 Å². The molecule has 2 aromatic rings. The zero-order chi connectivity index (χ0) is 35.3. The molecule has 0 aliphatic heterocycles. The number of methoxy groups -OCH3 is 2. The molecule has 258 valence electrons. The number of fused-ring (bicyclic) bond motifs is 3. The first-order valence-corrected chi connectivity index (χ1v) is 18.2. The Labute approximate surface area is 291 Å². The highest BCUT2D eigenvalue weighted by Crippen LogP contribution is 2.57. The summed E-state index contributed by atoms with van der Waals surface area (Å²) in [4.78, 5) is 0. The highest BCUT2D eigenvalue weighted by atomic mass is 16.5. The van der Waals surface area contributed by atoms with E-state index >= 15 is 0 Å². The average Bonchev–Trinajstić information content (AvgIpc) is 3.27. The van der Waals surface area contributed by atoms with Crippen molar-refractivity contribution in [1.29, 1.82) is 0 Å². The van der Waals surface area contributed by atoms with E-state index < -0.39 is 10.6 Å². The minimum atomic E-state index is -0.557. The summed E-state index contributed by atoms with van der Waals surface area (Å²) >= 11 is 0. The first kappa shape index (κ1) is 39.7. The largest absolute Gasteiger partial charge is 0.496 e. The van der Waals surface area contributed by atoms with E-state index in [1.807, 2.05) is 0 Å². The summed E-state index contributed by atoms with van der Waals surface area (Å²) in [6, 6.07) is 11.5. The van der Waals surface area contributed by atoms with Gasteiger partial charge in [-0.15, -0.1) is 0 Å². The number of rotatable bonds is 20. The summed E-state index contributed by atoms with van der Waals surface area (Å²) in [6.07, 6.45) is 9.13. The Hall–Kier alpha value is -1.75. The fourth-order valence-corrected chi connectivity index (χ4v) is 7.37. The van der Waals surface area contributed by atoms with Gasteiger partial charge in [0.05, 0.1) is 46.7 Å². The Morgan fingerprint density at radius 2 is 1.40 bits per heavy atom. The van der Waals surface area contributed by atoms with E-state index in [1.54, 1.807) is 14.2 Å². The Kier molecular flexibility index (Phi) is 13.4. The summed E-state index contributed by atoms with van der Waals surface area (Å²) < 4.78 is 24.4. The lowest BCUT2D eigenvalue weighted by Gasteiger charge is -2.37. The zero-order valence-corrected chi connectivity index (χ0v) is 32.0. The Balaban J connectivity index is 2.11. The topological polar surface area (TPSA) is 36.9 Å². The van der Waals surface area contributed by atoms with Crippen LogP contribution in [0, 0.1) is 0 Å². The third kappa shape index (κ3) is 9.28. The van der Waals surface area contributed by atoms with Gasteiger partial charge in [0, 0.05) is 19.1 Å². The lowest BCUT2D eigenvalue weighted by atomic mass is 9.64. The molecule has 2 aromatic carbocycles. The summed E-state index contributed by atoms with van der Waals surface area (Å²) in [5, 5.41) is -1.01. The predicted octanol–water partition coefficient (Wildman–Crippen LogP) is 9.92. The standard InChI is InChI=1S/C41H64B2O4/c1-13-39(9,45-12)24-25-47-40(10,14-2)21-17-23-41(22-16-18-29(4)46-15-3)33-26-30(37(5,6)42)19-20-31(33)32-27-36(44-11)35(28-34(32)41)38(7,8)43/h19-20,26-29H,13-18,21-25H2,1-12H3. The molecule has 0 saturated carbocycles. The van der Waals surface area contributed by atoms with Crippen molar-refractivity contribution in [1.82, 2.24) is 0 Å². The van der Waals surface area contributed by atoms with E-state index in [0.717, 1.165) is 81.3 Å². The third-order valence-electron chi connectivity index (χ3n) is 11.2. The van der Waals surface area contributed by atoms with Crippen LogP contribution in [-0.2, 0) is 30.3 Å². The first-order valence-electron chi connectivity index (χ1n) is 18.2. The second-order valence-electron chi connectivity index (χ2n) is 15.8. The molecule has 0 amide bonds. The summed E-state index contributed by atoms with van der Waals surface area (Å²) in [7, 11) is 17.1. The molecular weight excluding hydrogens is 578 g/mol. The van der Waals surface area contributed by atoms with Crippen molar-refractivity contribution in [3.05, 3.63) is 52.6 Å². The van der Waals surface area contributed by atoms with Gasteiger partial charge < -0.3 is 18.9 Å². The molecule has 4 unspecified atom stereocenters. The second kappa shape index (κ2) is 15.9. The SMILES string of the molecule is [B]C(C)(C)c1ccc2c(c1)C(CCCC(C)OCC)(CCCC(C)(CC)OCCC(C)(CC)OC)c1cc(C([B])(C)C)c(OC)cc1-2. The maximum absolute atomic E-state index is 6.81. The van der Waals surface area contributed by atoms with Crippen LogP contribution in [0.3, 0.4) is 0 Å². The quantitative estimate of drug-likeness (QED) is 0.135. The molecule has 1 aliphatic carbocycles. The van der Waals surface area contributed by atoms with Crippen LogP contribution >= 0.6 is 0 Å². The van der Waals surface area contributed by atoms with E-state index in [4.69, 9.17) is 34.6 Å². The van der Waals surface area contributed by atoms with Gasteiger partial charge in [-0.3, -0.25) is 0 Å². The van der Waals surface area contributed by atoms with Gasteiger partial charge in [0.25, 0.3) is 0 Å². The van der Waals surface area contributed by atoms with E-state index in [-0.39, 0.29) is 22.7 Å². The predicted molar refractivity (Wildman–Crippen MR) is 201 cm³/mol. The Morgan fingerprint density at radius 3 is 1.96 bits per heavy atom. The minimum Gasteiger partial charge on any atom is -0.496 e. The molecule has 4 nitrogen and oxygen atoms in total. The van der Waals surface area contributed by atoms with Crippen LogP contribution in [-0.4, -0.2) is 60.4 Å². The molecule has 4 atom stereocenters. The molecule has 0 bridgehead atoms. The number of hydrogen-bond acceptors (Lipinski definition) is 4. The molecule has 0 heterocycles. The second-order valence-corrected chi connectivity index (χ2v) is 15.8. The Bertz CT molecular complexity index is 1310. The van der Waals surface area contributed by atoms with Gasteiger partial charge in [-0.1, -0.05) is 71.4 Å². The van der Waals surface area contributed by atoms with Crippen LogP contribution in [0.4, 0.5) is 0 Å². The molecule has 3 rings (SSSR count). The fraction of sp³-hybridized carbons (Fsp3) is 0.707. The molecule has 1 aliphatic rings. The molecule has 47 heavy (non-hydrogen) atoms. The molecule has 4 radical (unpaired) electrons. The minimum absolute atomic E-state index is 0.154. The van der Waals surface area contributed by atoms with Crippen molar-refractivity contribution in [3.63, 3.8) is 0 Å². The van der Waals surface area contributed by atoms with Gasteiger partial charge in [0.2, 0.25) is 0 Å². The Morgan fingerprint density at radius 1 is 0.766 bits per heavy atom. The van der Waals surface area contributed by atoms with Crippen LogP contribution in [0.15, 0.2) is 30.3 Å². The van der Waals surface area contributed by atoms with Crippen molar-refractivity contribution >= 4 is 15.7 Å². The highest BCUT2D eigenvalue weighted by molar-refractivity contribution is 6.16. The molecular formula is C41H64B2O4. The van der Waals surface area contributed by atoms with Gasteiger partial charge >= 0.3 is 0 Å². The van der Waals surface area contributed by atoms with Gasteiger partial charge in [-0.05, 0) is 130 Å². The third-order valence-corrected chi connectivity index (χ3v) is 11.2. The van der Waals surface area contributed by atoms with E-state index in [2.05, 4.69) is 99.6 Å². The molecule has 0 fully saturated rings. The van der Waals surface area contributed by atoms with Crippen LogP contribution in [0.5, 0.6) is 5.75 Å². The van der Waals surface area contributed by atoms with Crippen LogP contribution in [0.25, 0.3) is 11.1 Å². The number of hydrogen-bond donors (Lipinski definition) is 0. The maximum atomic E-state index is 6.81. The molecule has 0 N–H and O–H groups in total. The number of benzene rings is 2. The summed E-state index contributed by atoms with van der Waals surface area (Å²) in [5.74, 6) is 0.841. The average molecular weight is 643 g/mol. The monoisotopic (exact) mass is 642 g/mol. The van der Waals surface area contributed by atoms with Gasteiger partial charge in [-0.2, -0.15) is 0 Å². The molecule has 0 aromatic heterocycles. The van der Waals surface area contributed by atoms with E-state index in [0.29, 0.717) is 6.61 Å². The normalized spacial score (nSPS) is 19.5. The van der Waals surface area contributed by atoms with Crippen LogP contribution < -0.4 is 4.74 Å². The van der Waals surface area contributed by atoms with E-state index in [1.165, 1.54) is 22.3 Å². The van der Waals surface area contributed by atoms with Gasteiger partial charge in [0.1, 0.15) is 5.75 Å². The van der Waals surface area contributed by atoms with Crippen molar-refractivity contribution in [2.24, 2.45) is 0 Å². The smallest absolute Gasteiger partial charge is 0.122 e. The molecule has 0 spiro atoms. The van der Waals surface area contributed by atoms with Crippen LogP contribution in [0.1, 0.15) is 149 Å². The van der Waals surface area contributed by atoms with Gasteiger partial charge in [0.15, 0.2) is 0 Å². The maximum Gasteiger partial charge on any atom is 0.122 e. The highest BCUT2D eigenvalue weighted by Gasteiger charge is 2.44. The first-order chi connectivity index (χ1) is 21.9. The van der Waals surface area contributed by atoms with Crippen LogP contribution in [0.2, 0.25) is 0 Å². The lowest BCUT2D eigenvalue weighted by molar-refractivity contribution is -0.0788. The van der Waals surface area contributed by atoms with Crippen molar-refractivity contribution < 1.29 is 18.9 Å². The van der Waals surface area contributed by atoms with Crippen molar-refractivity contribution in [2.45, 2.75) is 160 Å². The lowest BCUT2D eigenvalue weighted by Crippen LogP contribution is -2.34. The zero-order valence-electron chi connectivity index (χ0n) is 32.0. The summed E-state index contributed by atoms with van der Waals surface area (Å²) in [6.45, 7) is 22.9. The molecule has 6 heteroatoms. The van der Waals surface area contributed by atoms with Gasteiger partial charge in [-0.25, -0.2) is 0 Å². The molecule has 0 saturated heterocycles. The summed E-state index contributed by atoms with van der Waals surface area (Å²) in [5.41, 5.74) is 6.89. The fourth-order valence-electron chi connectivity index (χ4n) is 7.37. The van der Waals surface area contributed by atoms with E-state index in [9.17, 15) is 0 Å².